The fourth-order valence-corrected chi connectivity index (χ4v) is 8.18. The number of amides is 4. The molecule has 0 saturated carbocycles. The van der Waals surface area contributed by atoms with Gasteiger partial charge in [-0.2, -0.15) is 11.8 Å². The molecule has 0 radical (unpaired) electrons. The van der Waals surface area contributed by atoms with Crippen molar-refractivity contribution in [2.24, 2.45) is 5.92 Å². The van der Waals surface area contributed by atoms with Crippen LogP contribution < -0.4 is 10.6 Å². The topological polar surface area (TPSA) is 175 Å². The van der Waals surface area contributed by atoms with Crippen molar-refractivity contribution in [3.8, 4) is 33.6 Å². The van der Waals surface area contributed by atoms with Crippen LogP contribution in [0.5, 0.6) is 0 Å². The van der Waals surface area contributed by atoms with Gasteiger partial charge in [0.1, 0.15) is 34.6 Å². The van der Waals surface area contributed by atoms with Crippen molar-refractivity contribution < 1.29 is 28.7 Å². The molecule has 4 amide bonds. The van der Waals surface area contributed by atoms with E-state index >= 15 is 0 Å². The van der Waals surface area contributed by atoms with E-state index in [2.05, 4.69) is 30.3 Å². The third kappa shape index (κ3) is 8.62. The normalized spacial score (nSPS) is 19.3. The number of halogens is 1. The first-order valence-electron chi connectivity index (χ1n) is 18.3. The van der Waals surface area contributed by atoms with Gasteiger partial charge in [0.2, 0.25) is 11.8 Å². The molecular formula is C39H47ClN8O6S. The average Bonchev–Trinajstić information content (AvgIpc) is 4.02. The number of aromatic amines is 2. The Morgan fingerprint density at radius 3 is 2.07 bits per heavy atom. The number of methoxy groups -OCH3 is 2. The summed E-state index contributed by atoms with van der Waals surface area (Å²) < 4.78 is 9.43. The van der Waals surface area contributed by atoms with Gasteiger partial charge in [-0.1, -0.05) is 74.0 Å². The minimum Gasteiger partial charge on any atom is -0.453 e. The van der Waals surface area contributed by atoms with Crippen LogP contribution in [-0.4, -0.2) is 105 Å². The number of alkyl carbamates (subject to hydrolysis) is 2. The highest BCUT2D eigenvalue weighted by atomic mass is 35.5. The van der Waals surface area contributed by atoms with Gasteiger partial charge in [-0.05, 0) is 55.1 Å². The summed E-state index contributed by atoms with van der Waals surface area (Å²) in [5, 5.41) is 5.89. The number of aromatic nitrogens is 4. The Morgan fingerprint density at radius 1 is 0.836 bits per heavy atom. The minimum absolute atomic E-state index is 0.134. The number of carbonyl (C=O) groups excluding carboxylic acids is 4. The van der Waals surface area contributed by atoms with Gasteiger partial charge < -0.3 is 39.9 Å². The average molecular weight is 791 g/mol. The van der Waals surface area contributed by atoms with Crippen molar-refractivity contribution in [1.82, 2.24) is 40.4 Å². The molecule has 2 aromatic heterocycles. The first-order chi connectivity index (χ1) is 26.4. The SMILES string of the molecule is COC(=O)NC(C)C(=O)N1CC(SC)CC1c1ncc(-c2ccc(-c3ccc(-c4nc(C5CCCN5C(=O)C(NC(=O)OC)C(C)C)[nH]c4Cl)cc3)cc2)[nH]1. The second-order valence-electron chi connectivity index (χ2n) is 14.1. The van der Waals surface area contributed by atoms with Crippen LogP contribution in [0.4, 0.5) is 9.59 Å². The highest BCUT2D eigenvalue weighted by Gasteiger charge is 2.40. The Labute approximate surface area is 329 Å². The van der Waals surface area contributed by atoms with Crippen LogP contribution in [0.1, 0.15) is 63.8 Å². The lowest BCUT2D eigenvalue weighted by Crippen LogP contribution is -2.51. The number of hydrogen-bond acceptors (Lipinski definition) is 9. The van der Waals surface area contributed by atoms with Gasteiger partial charge in [-0.3, -0.25) is 9.59 Å². The summed E-state index contributed by atoms with van der Waals surface area (Å²) in [5.74, 6) is 0.805. The highest BCUT2D eigenvalue weighted by Crippen LogP contribution is 2.38. The molecule has 16 heteroatoms. The van der Waals surface area contributed by atoms with Crippen molar-refractivity contribution >= 4 is 47.4 Å². The van der Waals surface area contributed by atoms with Crippen LogP contribution in [0.25, 0.3) is 33.6 Å². The zero-order valence-corrected chi connectivity index (χ0v) is 33.3. The summed E-state index contributed by atoms with van der Waals surface area (Å²) in [7, 11) is 2.55. The van der Waals surface area contributed by atoms with Crippen LogP contribution >= 0.6 is 23.4 Å². The zero-order chi connectivity index (χ0) is 39.4. The first-order valence-corrected chi connectivity index (χ1v) is 19.9. The van der Waals surface area contributed by atoms with Crippen LogP contribution in [0.15, 0.2) is 54.7 Å². The molecule has 2 aromatic carbocycles. The fraction of sp³-hybridized carbons (Fsp3) is 0.436. The highest BCUT2D eigenvalue weighted by molar-refractivity contribution is 7.99. The molecule has 5 atom stereocenters. The number of likely N-dealkylation sites (tertiary alicyclic amines) is 2. The molecule has 4 heterocycles. The zero-order valence-electron chi connectivity index (χ0n) is 31.7. The lowest BCUT2D eigenvalue weighted by atomic mass is 10.0. The van der Waals surface area contributed by atoms with Crippen LogP contribution in [0, 0.1) is 5.92 Å². The number of H-pyrrole nitrogens is 2. The third-order valence-corrected chi connectivity index (χ3v) is 11.6. The van der Waals surface area contributed by atoms with Crippen LogP contribution in [-0.2, 0) is 19.1 Å². The lowest BCUT2D eigenvalue weighted by molar-refractivity contribution is -0.135. The number of benzene rings is 2. The maximum absolute atomic E-state index is 13.6. The number of ether oxygens (including phenoxy) is 2. The summed E-state index contributed by atoms with van der Waals surface area (Å²) in [6, 6.07) is 14.1. The van der Waals surface area contributed by atoms with E-state index in [0.29, 0.717) is 35.6 Å². The van der Waals surface area contributed by atoms with Crippen molar-refractivity contribution in [1.29, 1.82) is 0 Å². The quantitative estimate of drug-likeness (QED) is 0.131. The van der Waals surface area contributed by atoms with Crippen molar-refractivity contribution in [2.75, 3.05) is 33.6 Å². The minimum atomic E-state index is -0.734. The molecule has 0 aliphatic carbocycles. The van der Waals surface area contributed by atoms with Crippen molar-refractivity contribution in [3.05, 3.63) is 71.5 Å². The molecule has 0 spiro atoms. The van der Waals surface area contributed by atoms with E-state index < -0.39 is 24.3 Å². The molecule has 2 saturated heterocycles. The van der Waals surface area contributed by atoms with Crippen molar-refractivity contribution in [2.45, 2.75) is 69.5 Å². The second kappa shape index (κ2) is 17.2. The Kier molecular flexibility index (Phi) is 12.4. The Morgan fingerprint density at radius 2 is 1.45 bits per heavy atom. The monoisotopic (exact) mass is 790 g/mol. The van der Waals surface area contributed by atoms with E-state index in [9.17, 15) is 19.2 Å². The second-order valence-corrected chi connectivity index (χ2v) is 15.6. The van der Waals surface area contributed by atoms with E-state index in [1.807, 2.05) is 68.6 Å². The predicted octanol–water partition coefficient (Wildman–Crippen LogP) is 6.58. The number of nitrogens with one attached hydrogen (secondary N) is 4. The van der Waals surface area contributed by atoms with Crippen molar-refractivity contribution in [3.63, 3.8) is 0 Å². The summed E-state index contributed by atoms with van der Waals surface area (Å²) >= 11 is 8.40. The maximum atomic E-state index is 13.6. The molecule has 292 valence electrons. The first kappa shape index (κ1) is 39.7. The predicted molar refractivity (Wildman–Crippen MR) is 211 cm³/mol. The lowest BCUT2D eigenvalue weighted by Gasteiger charge is -2.29. The Bertz CT molecular complexity index is 2000. The third-order valence-electron chi connectivity index (χ3n) is 10.3. The Balaban J connectivity index is 1.13. The number of rotatable bonds is 11. The van der Waals surface area contributed by atoms with Gasteiger partial charge in [-0.15, -0.1) is 0 Å². The molecule has 4 N–H and O–H groups in total. The smallest absolute Gasteiger partial charge is 0.407 e. The van der Waals surface area contributed by atoms with Gasteiger partial charge in [0.05, 0.1) is 38.2 Å². The molecule has 6 rings (SSSR count). The summed E-state index contributed by atoms with van der Waals surface area (Å²) in [6.45, 7) is 6.53. The number of imidazole rings is 2. The number of thioether (sulfide) groups is 1. The van der Waals surface area contributed by atoms with Crippen LogP contribution in [0.2, 0.25) is 5.15 Å². The molecular weight excluding hydrogens is 744 g/mol. The molecule has 2 aliphatic rings. The summed E-state index contributed by atoms with van der Waals surface area (Å²) in [6.07, 6.45) is 4.80. The molecule has 14 nitrogen and oxygen atoms in total. The molecule has 55 heavy (non-hydrogen) atoms. The molecule has 2 aliphatic heterocycles. The summed E-state index contributed by atoms with van der Waals surface area (Å²) in [4.78, 5) is 70.3. The van der Waals surface area contributed by atoms with E-state index in [1.165, 1.54) is 14.2 Å². The van der Waals surface area contributed by atoms with Gasteiger partial charge in [0.15, 0.2) is 0 Å². The standard InChI is InChI=1S/C39H47ClN8O6S/c1-21(2)31(45-39(52)54-5)37(50)47-17-7-8-29(47)35-44-32(33(40)46-35)26-15-11-24(12-16-26)23-9-13-25(14-10-23)28-19-41-34(43-28)30-18-27(55-6)20-48(30)36(49)22(3)42-38(51)53-4/h9-16,19,21-22,27,29-31H,7-8,17-18,20H2,1-6H3,(H,41,43)(H,42,51)(H,44,46)(H,45,52). The number of hydrogen-bond donors (Lipinski definition) is 4. The molecule has 5 unspecified atom stereocenters. The van der Waals surface area contributed by atoms with E-state index in [-0.39, 0.29) is 35.1 Å². The van der Waals surface area contributed by atoms with E-state index in [4.69, 9.17) is 21.3 Å². The van der Waals surface area contributed by atoms with Gasteiger partial charge in [0.25, 0.3) is 0 Å². The Hall–Kier alpha value is -5.02. The van der Waals surface area contributed by atoms with Gasteiger partial charge >= 0.3 is 12.2 Å². The number of nitrogens with zero attached hydrogens (tertiary/aromatic N) is 4. The largest absolute Gasteiger partial charge is 0.453 e. The van der Waals surface area contributed by atoms with Crippen LogP contribution in [0.3, 0.4) is 0 Å². The molecule has 0 bridgehead atoms. The fourth-order valence-electron chi connectivity index (χ4n) is 7.24. The maximum Gasteiger partial charge on any atom is 0.407 e. The van der Waals surface area contributed by atoms with Gasteiger partial charge in [-0.25, -0.2) is 19.6 Å². The number of carbonyl (C=O) groups is 4. The summed E-state index contributed by atoms with van der Waals surface area (Å²) in [5.41, 5.74) is 5.25. The van der Waals surface area contributed by atoms with E-state index in [0.717, 1.165) is 47.2 Å². The van der Waals surface area contributed by atoms with Gasteiger partial charge in [0, 0.05) is 23.9 Å². The molecule has 4 aromatic rings. The van der Waals surface area contributed by atoms with E-state index in [1.54, 1.807) is 34.7 Å². The molecule has 2 fully saturated rings.